The third-order valence-corrected chi connectivity index (χ3v) is 5.58. The summed E-state index contributed by atoms with van der Waals surface area (Å²) in [6.45, 7) is 5.92. The molecule has 0 aromatic rings. The fourth-order valence-electron chi connectivity index (χ4n) is 4.61. The first kappa shape index (κ1) is 15.4. The van der Waals surface area contributed by atoms with Crippen LogP contribution in [0.5, 0.6) is 0 Å². The zero-order valence-electron chi connectivity index (χ0n) is 13.3. The molecule has 0 aromatic carbocycles. The van der Waals surface area contributed by atoms with Crippen molar-refractivity contribution in [2.24, 2.45) is 17.8 Å². The highest BCUT2D eigenvalue weighted by Crippen LogP contribution is 2.36. The van der Waals surface area contributed by atoms with Crippen molar-refractivity contribution >= 4 is 0 Å². The van der Waals surface area contributed by atoms with Gasteiger partial charge in [-0.05, 0) is 50.0 Å². The molecule has 2 aliphatic carbocycles. The summed E-state index contributed by atoms with van der Waals surface area (Å²) in [7, 11) is 0. The van der Waals surface area contributed by atoms with Crippen LogP contribution in [0.1, 0.15) is 84.5 Å². The van der Waals surface area contributed by atoms with Crippen LogP contribution >= 0.6 is 0 Å². The van der Waals surface area contributed by atoms with E-state index in [4.69, 9.17) is 0 Å². The second kappa shape index (κ2) is 8.29. The Kier molecular flexibility index (Phi) is 6.70. The maximum Gasteiger partial charge on any atom is 0.0124 e. The molecule has 2 rings (SSSR count). The van der Waals surface area contributed by atoms with E-state index in [0.717, 1.165) is 30.3 Å². The summed E-state index contributed by atoms with van der Waals surface area (Å²) in [4.78, 5) is 0. The normalized spacial score (nSPS) is 32.5. The van der Waals surface area contributed by atoms with Crippen LogP contribution in [0.4, 0.5) is 0 Å². The Morgan fingerprint density at radius 1 is 0.842 bits per heavy atom. The van der Waals surface area contributed by atoms with Gasteiger partial charge in [-0.2, -0.15) is 0 Å². The van der Waals surface area contributed by atoms with E-state index >= 15 is 0 Å². The predicted molar refractivity (Wildman–Crippen MR) is 84.4 cm³/mol. The molecule has 0 heterocycles. The summed E-state index contributed by atoms with van der Waals surface area (Å²) in [6, 6.07) is 0.825. The molecule has 0 amide bonds. The fraction of sp³-hybridized carbons (Fsp3) is 1.00. The Morgan fingerprint density at radius 2 is 1.47 bits per heavy atom. The molecule has 0 radical (unpaired) electrons. The molecular weight excluding hydrogens is 230 g/mol. The van der Waals surface area contributed by atoms with E-state index in [1.165, 1.54) is 70.6 Å². The van der Waals surface area contributed by atoms with Crippen LogP contribution in [0.15, 0.2) is 0 Å². The van der Waals surface area contributed by atoms with E-state index in [-0.39, 0.29) is 0 Å². The summed E-state index contributed by atoms with van der Waals surface area (Å²) < 4.78 is 0. The average Bonchev–Trinajstić information content (AvgIpc) is 2.36. The monoisotopic (exact) mass is 265 g/mol. The summed E-state index contributed by atoms with van der Waals surface area (Å²) in [6.07, 6.45) is 16.3. The Morgan fingerprint density at radius 3 is 2.11 bits per heavy atom. The van der Waals surface area contributed by atoms with Crippen LogP contribution < -0.4 is 5.32 Å². The first-order valence-corrected chi connectivity index (χ1v) is 9.04. The molecule has 19 heavy (non-hydrogen) atoms. The summed E-state index contributed by atoms with van der Waals surface area (Å²) in [5.41, 5.74) is 0. The minimum Gasteiger partial charge on any atom is -0.314 e. The zero-order chi connectivity index (χ0) is 13.5. The molecular formula is C18H35N. The Bertz CT molecular complexity index is 230. The Hall–Kier alpha value is -0.0400. The van der Waals surface area contributed by atoms with Gasteiger partial charge in [-0.1, -0.05) is 58.8 Å². The molecule has 3 atom stereocenters. The highest BCUT2D eigenvalue weighted by atomic mass is 14.9. The van der Waals surface area contributed by atoms with E-state index < -0.39 is 0 Å². The smallest absolute Gasteiger partial charge is 0.0124 e. The van der Waals surface area contributed by atoms with Crippen molar-refractivity contribution in [2.75, 3.05) is 6.54 Å². The van der Waals surface area contributed by atoms with Crippen LogP contribution in [0, 0.1) is 17.8 Å². The SMILES string of the molecule is CCNC(C1CCCCCCC1)C1CCCC(C)C1. The minimum atomic E-state index is 0.825. The van der Waals surface area contributed by atoms with Crippen molar-refractivity contribution in [1.82, 2.24) is 5.32 Å². The fourth-order valence-corrected chi connectivity index (χ4v) is 4.61. The van der Waals surface area contributed by atoms with Crippen molar-refractivity contribution in [2.45, 2.75) is 90.5 Å². The van der Waals surface area contributed by atoms with Gasteiger partial charge in [0, 0.05) is 6.04 Å². The topological polar surface area (TPSA) is 12.0 Å². The highest BCUT2D eigenvalue weighted by molar-refractivity contribution is 4.86. The average molecular weight is 265 g/mol. The van der Waals surface area contributed by atoms with Gasteiger partial charge in [0.05, 0.1) is 0 Å². The molecule has 1 heteroatoms. The quantitative estimate of drug-likeness (QED) is 0.741. The van der Waals surface area contributed by atoms with E-state index in [1.807, 2.05) is 0 Å². The summed E-state index contributed by atoms with van der Waals surface area (Å²) in [5, 5.41) is 3.89. The molecule has 0 aliphatic heterocycles. The van der Waals surface area contributed by atoms with Gasteiger partial charge in [0.1, 0.15) is 0 Å². The van der Waals surface area contributed by atoms with Gasteiger partial charge >= 0.3 is 0 Å². The lowest BCUT2D eigenvalue weighted by Gasteiger charge is -2.39. The van der Waals surface area contributed by atoms with Crippen molar-refractivity contribution in [1.29, 1.82) is 0 Å². The largest absolute Gasteiger partial charge is 0.314 e. The van der Waals surface area contributed by atoms with Gasteiger partial charge in [-0.15, -0.1) is 0 Å². The molecule has 0 bridgehead atoms. The number of hydrogen-bond acceptors (Lipinski definition) is 1. The van der Waals surface area contributed by atoms with Gasteiger partial charge in [0.15, 0.2) is 0 Å². The van der Waals surface area contributed by atoms with Crippen LogP contribution in [-0.2, 0) is 0 Å². The summed E-state index contributed by atoms with van der Waals surface area (Å²) in [5.74, 6) is 2.90. The van der Waals surface area contributed by atoms with Gasteiger partial charge in [0.2, 0.25) is 0 Å². The van der Waals surface area contributed by atoms with Crippen molar-refractivity contribution in [3.05, 3.63) is 0 Å². The molecule has 112 valence electrons. The third kappa shape index (κ3) is 4.77. The van der Waals surface area contributed by atoms with E-state index in [9.17, 15) is 0 Å². The van der Waals surface area contributed by atoms with Gasteiger partial charge in [-0.3, -0.25) is 0 Å². The van der Waals surface area contributed by atoms with E-state index in [1.54, 1.807) is 0 Å². The lowest BCUT2D eigenvalue weighted by molar-refractivity contribution is 0.159. The zero-order valence-corrected chi connectivity index (χ0v) is 13.3. The molecule has 1 N–H and O–H groups in total. The van der Waals surface area contributed by atoms with Crippen LogP contribution in [0.2, 0.25) is 0 Å². The van der Waals surface area contributed by atoms with Gasteiger partial charge in [-0.25, -0.2) is 0 Å². The van der Waals surface area contributed by atoms with Crippen molar-refractivity contribution in [3.63, 3.8) is 0 Å². The van der Waals surface area contributed by atoms with E-state index in [0.29, 0.717) is 0 Å². The van der Waals surface area contributed by atoms with Gasteiger partial charge in [0.25, 0.3) is 0 Å². The maximum absolute atomic E-state index is 3.89. The van der Waals surface area contributed by atoms with Crippen molar-refractivity contribution in [3.8, 4) is 0 Å². The van der Waals surface area contributed by atoms with Crippen LogP contribution in [0.25, 0.3) is 0 Å². The lowest BCUT2D eigenvalue weighted by atomic mass is 9.72. The Labute approximate surface area is 120 Å². The number of rotatable bonds is 4. The molecule has 2 fully saturated rings. The predicted octanol–water partition coefficient (Wildman–Crippen LogP) is 5.15. The minimum absolute atomic E-state index is 0.825. The van der Waals surface area contributed by atoms with Crippen LogP contribution in [0.3, 0.4) is 0 Å². The number of hydrogen-bond donors (Lipinski definition) is 1. The van der Waals surface area contributed by atoms with E-state index in [2.05, 4.69) is 19.2 Å². The first-order chi connectivity index (χ1) is 9.31. The second-order valence-electron chi connectivity index (χ2n) is 7.22. The molecule has 0 saturated heterocycles. The molecule has 1 nitrogen and oxygen atoms in total. The third-order valence-electron chi connectivity index (χ3n) is 5.58. The second-order valence-corrected chi connectivity index (χ2v) is 7.22. The highest BCUT2D eigenvalue weighted by Gasteiger charge is 2.31. The molecule has 2 saturated carbocycles. The molecule has 0 aromatic heterocycles. The maximum atomic E-state index is 3.89. The summed E-state index contributed by atoms with van der Waals surface area (Å²) >= 11 is 0. The van der Waals surface area contributed by atoms with Crippen molar-refractivity contribution < 1.29 is 0 Å². The van der Waals surface area contributed by atoms with Gasteiger partial charge < -0.3 is 5.32 Å². The number of nitrogens with one attached hydrogen (secondary N) is 1. The standard InChI is InChI=1S/C18H35N/c1-3-19-18(17-13-9-10-15(2)14-17)16-11-7-5-4-6-8-12-16/h15-19H,3-14H2,1-2H3. The first-order valence-electron chi connectivity index (χ1n) is 9.04. The van der Waals surface area contributed by atoms with Crippen LogP contribution in [-0.4, -0.2) is 12.6 Å². The Balaban J connectivity index is 1.95. The lowest BCUT2D eigenvalue weighted by Crippen LogP contribution is -2.44. The molecule has 2 aliphatic rings. The molecule has 3 unspecified atom stereocenters. The molecule has 0 spiro atoms.